The maximum Gasteiger partial charge on any atom is 0.336 e. The third-order valence-corrected chi connectivity index (χ3v) is 6.19. The molecule has 0 unspecified atom stereocenters. The van der Waals surface area contributed by atoms with E-state index >= 15 is 0 Å². The van der Waals surface area contributed by atoms with Crippen LogP contribution in [0.1, 0.15) is 25.3 Å². The smallest absolute Gasteiger partial charge is 0.336 e. The second-order valence-corrected chi connectivity index (χ2v) is 8.54. The van der Waals surface area contributed by atoms with Crippen molar-refractivity contribution < 1.29 is 33.0 Å². The number of hydrogen-bond acceptors (Lipinski definition) is 9. The molecule has 1 N–H and O–H groups in total. The van der Waals surface area contributed by atoms with E-state index in [1.165, 1.54) is 14.2 Å². The van der Waals surface area contributed by atoms with Crippen molar-refractivity contribution in [3.05, 3.63) is 80.8 Å². The van der Waals surface area contributed by atoms with Gasteiger partial charge in [-0.15, -0.1) is 0 Å². The molecule has 9 nitrogen and oxygen atoms in total. The first kappa shape index (κ1) is 26.1. The Hall–Kier alpha value is -3.95. The topological polar surface area (TPSA) is 113 Å². The average Bonchev–Trinajstić information content (AvgIpc) is 2.88. The molecule has 2 heterocycles. The first-order valence-electron chi connectivity index (χ1n) is 11.8. The molecule has 2 aromatic carbocycles. The molecule has 0 aliphatic carbocycles. The number of methoxy groups -OCH3 is 2. The maximum atomic E-state index is 13.4. The lowest BCUT2D eigenvalue weighted by atomic mass is 9.79. The van der Waals surface area contributed by atoms with Crippen molar-refractivity contribution >= 4 is 33.9 Å². The van der Waals surface area contributed by atoms with Crippen molar-refractivity contribution in [2.24, 2.45) is 0 Å². The highest BCUT2D eigenvalue weighted by Gasteiger charge is 2.39. The molecule has 0 spiro atoms. The van der Waals surface area contributed by atoms with Crippen molar-refractivity contribution in [2.75, 3.05) is 40.6 Å². The van der Waals surface area contributed by atoms with Crippen LogP contribution in [0.2, 0.25) is 0 Å². The number of dihydropyridines is 1. The molecule has 4 rings (SSSR count). The summed E-state index contributed by atoms with van der Waals surface area (Å²) in [6, 6.07) is 12.1. The van der Waals surface area contributed by atoms with Gasteiger partial charge in [0.05, 0.1) is 41.1 Å². The highest BCUT2D eigenvalue weighted by atomic mass is 16.6. The first-order valence-corrected chi connectivity index (χ1v) is 11.8. The fourth-order valence-corrected chi connectivity index (χ4v) is 4.51. The minimum atomic E-state index is -0.917. The highest BCUT2D eigenvalue weighted by Crippen LogP contribution is 2.42. The van der Waals surface area contributed by atoms with E-state index in [4.69, 9.17) is 23.4 Å². The number of esters is 2. The second kappa shape index (κ2) is 11.4. The Bertz CT molecular complexity index is 1420. The summed E-state index contributed by atoms with van der Waals surface area (Å²) in [7, 11) is 3.01. The lowest BCUT2D eigenvalue weighted by molar-refractivity contribution is -0.141. The van der Waals surface area contributed by atoms with Gasteiger partial charge in [-0.25, -0.2) is 9.59 Å². The summed E-state index contributed by atoms with van der Waals surface area (Å²) in [5, 5.41) is 3.89. The molecule has 0 atom stereocenters. The maximum absolute atomic E-state index is 13.4. The summed E-state index contributed by atoms with van der Waals surface area (Å²) in [5.41, 5.74) is 2.39. The van der Waals surface area contributed by atoms with Gasteiger partial charge in [0.2, 0.25) is 5.43 Å². The van der Waals surface area contributed by atoms with Crippen molar-refractivity contribution in [3.63, 3.8) is 0 Å². The molecule has 0 fully saturated rings. The molecule has 37 heavy (non-hydrogen) atoms. The van der Waals surface area contributed by atoms with Gasteiger partial charge in [0.1, 0.15) is 24.4 Å². The number of allylic oxidation sites excluding steroid dienone is 2. The fourth-order valence-electron chi connectivity index (χ4n) is 4.51. The van der Waals surface area contributed by atoms with E-state index in [0.29, 0.717) is 33.3 Å². The van der Waals surface area contributed by atoms with Gasteiger partial charge >= 0.3 is 11.9 Å². The summed E-state index contributed by atoms with van der Waals surface area (Å²) in [5.74, 6) is -2.16. The monoisotopic (exact) mass is 507 g/mol. The Balaban J connectivity index is 1.94. The number of rotatable bonds is 9. The zero-order chi connectivity index (χ0) is 26.5. The van der Waals surface area contributed by atoms with E-state index in [9.17, 15) is 14.4 Å². The molecule has 194 valence electrons. The van der Waals surface area contributed by atoms with Crippen LogP contribution in [0, 0.1) is 0 Å². The molecule has 0 saturated heterocycles. The van der Waals surface area contributed by atoms with Crippen LogP contribution in [0.15, 0.2) is 74.2 Å². The van der Waals surface area contributed by atoms with E-state index in [1.54, 1.807) is 56.3 Å². The number of nitrogens with one attached hydrogen (secondary N) is 1. The van der Waals surface area contributed by atoms with Crippen molar-refractivity contribution in [2.45, 2.75) is 19.8 Å². The first-order chi connectivity index (χ1) is 17.9. The molecule has 0 amide bonds. The number of carbonyl (C=O) groups excluding carboxylic acids is 2. The van der Waals surface area contributed by atoms with Gasteiger partial charge in [-0.3, -0.25) is 4.79 Å². The molecule has 0 bridgehead atoms. The Labute approximate surface area is 213 Å². The molecular weight excluding hydrogens is 478 g/mol. The average molecular weight is 508 g/mol. The molecule has 0 radical (unpaired) electrons. The second-order valence-electron chi connectivity index (χ2n) is 8.54. The Morgan fingerprint density at radius 1 is 0.811 bits per heavy atom. The van der Waals surface area contributed by atoms with Gasteiger partial charge in [0, 0.05) is 31.2 Å². The molecule has 1 aliphatic rings. The Kier molecular flexibility index (Phi) is 8.05. The van der Waals surface area contributed by atoms with Crippen LogP contribution in [-0.4, -0.2) is 52.6 Å². The minimum absolute atomic E-state index is 0.0321. The van der Waals surface area contributed by atoms with Gasteiger partial charge in [-0.1, -0.05) is 24.3 Å². The van der Waals surface area contributed by atoms with Crippen LogP contribution in [0.4, 0.5) is 0 Å². The predicted molar refractivity (Wildman–Crippen MR) is 137 cm³/mol. The van der Waals surface area contributed by atoms with E-state index in [0.717, 1.165) is 0 Å². The van der Waals surface area contributed by atoms with Gasteiger partial charge < -0.3 is 28.7 Å². The molecular formula is C28H29NO8. The number of ether oxygens (including phenoxy) is 4. The van der Waals surface area contributed by atoms with Gasteiger partial charge in [-0.05, 0) is 32.0 Å². The number of para-hydroxylation sites is 2. The zero-order valence-corrected chi connectivity index (χ0v) is 21.2. The number of benzene rings is 2. The van der Waals surface area contributed by atoms with Crippen LogP contribution in [0.5, 0.6) is 0 Å². The van der Waals surface area contributed by atoms with Crippen LogP contribution in [0.25, 0.3) is 21.9 Å². The van der Waals surface area contributed by atoms with E-state index < -0.39 is 17.9 Å². The predicted octanol–water partition coefficient (Wildman–Crippen LogP) is 3.56. The van der Waals surface area contributed by atoms with Crippen molar-refractivity contribution in [1.29, 1.82) is 0 Å². The molecule has 1 aromatic heterocycles. The summed E-state index contributed by atoms with van der Waals surface area (Å²) in [6.45, 7) is 3.95. The summed E-state index contributed by atoms with van der Waals surface area (Å²) in [6.07, 6.45) is 0. The SMILES string of the molecule is COCCOC(=O)C1=C(C)NC(C)=C(C(=O)OCCOC)C1c1cccc2c(=O)c3ccccc3oc12. The van der Waals surface area contributed by atoms with E-state index in [2.05, 4.69) is 5.32 Å². The van der Waals surface area contributed by atoms with Crippen LogP contribution in [-0.2, 0) is 28.5 Å². The number of carbonyl (C=O) groups is 2. The van der Waals surface area contributed by atoms with Crippen molar-refractivity contribution in [3.8, 4) is 0 Å². The molecule has 1 aliphatic heterocycles. The Morgan fingerprint density at radius 3 is 1.97 bits per heavy atom. The summed E-state index contributed by atoms with van der Waals surface area (Å²) in [4.78, 5) is 40.0. The summed E-state index contributed by atoms with van der Waals surface area (Å²) < 4.78 is 27.2. The zero-order valence-electron chi connectivity index (χ0n) is 21.2. The quantitative estimate of drug-likeness (QED) is 0.264. The van der Waals surface area contributed by atoms with E-state index in [-0.39, 0.29) is 48.6 Å². The standard InChI is InChI=1S/C28H29NO8/c1-16-22(27(31)35-14-12-33-3)24(23(17(2)29-16)28(32)36-15-13-34-4)19-9-7-10-20-25(30)18-8-5-6-11-21(18)37-26(19)20/h5-11,24,29H,12-15H2,1-4H3. The third kappa shape index (κ3) is 5.14. The lowest BCUT2D eigenvalue weighted by Gasteiger charge is -2.30. The third-order valence-electron chi connectivity index (χ3n) is 6.19. The fraction of sp³-hybridized carbons (Fsp3) is 0.321. The molecule has 9 heteroatoms. The van der Waals surface area contributed by atoms with Crippen LogP contribution < -0.4 is 10.7 Å². The minimum Gasteiger partial charge on any atom is -0.460 e. The Morgan fingerprint density at radius 2 is 1.38 bits per heavy atom. The van der Waals surface area contributed by atoms with Crippen LogP contribution >= 0.6 is 0 Å². The highest BCUT2D eigenvalue weighted by molar-refractivity contribution is 6.02. The van der Waals surface area contributed by atoms with Gasteiger partial charge in [0.25, 0.3) is 0 Å². The number of fused-ring (bicyclic) bond motifs is 2. The van der Waals surface area contributed by atoms with Gasteiger partial charge in [-0.2, -0.15) is 0 Å². The number of hydrogen-bond donors (Lipinski definition) is 1. The largest absolute Gasteiger partial charge is 0.460 e. The van der Waals surface area contributed by atoms with Crippen molar-refractivity contribution in [1.82, 2.24) is 5.32 Å². The normalized spacial score (nSPS) is 14.3. The van der Waals surface area contributed by atoms with Gasteiger partial charge in [0.15, 0.2) is 0 Å². The van der Waals surface area contributed by atoms with E-state index in [1.807, 2.05) is 0 Å². The lowest BCUT2D eigenvalue weighted by Crippen LogP contribution is -2.33. The molecule has 3 aromatic rings. The molecule has 0 saturated carbocycles. The van der Waals surface area contributed by atoms with Crippen LogP contribution in [0.3, 0.4) is 0 Å². The summed E-state index contributed by atoms with van der Waals surface area (Å²) >= 11 is 0.